The van der Waals surface area contributed by atoms with Gasteiger partial charge < -0.3 is 10.5 Å². The van der Waals surface area contributed by atoms with Gasteiger partial charge in [0.25, 0.3) is 0 Å². The van der Waals surface area contributed by atoms with Gasteiger partial charge in [-0.3, -0.25) is 0 Å². The summed E-state index contributed by atoms with van der Waals surface area (Å²) in [6.07, 6.45) is 2.31. The van der Waals surface area contributed by atoms with E-state index in [4.69, 9.17) is 10.5 Å². The molecule has 0 saturated heterocycles. The van der Waals surface area contributed by atoms with Gasteiger partial charge in [-0.05, 0) is 44.0 Å². The second-order valence-electron chi connectivity index (χ2n) is 4.18. The lowest BCUT2D eigenvalue weighted by atomic mass is 10.3. The summed E-state index contributed by atoms with van der Waals surface area (Å²) in [5.41, 5.74) is 5.74. The van der Waals surface area contributed by atoms with Crippen LogP contribution in [0, 0.1) is 0 Å². The maximum atomic E-state index is 5.74. The first-order valence-corrected chi connectivity index (χ1v) is 5.74. The summed E-state index contributed by atoms with van der Waals surface area (Å²) in [5.74, 6) is 0.741. The number of rotatable bonds is 7. The Morgan fingerprint density at radius 3 is 2.69 bits per heavy atom. The van der Waals surface area contributed by atoms with E-state index >= 15 is 0 Å². The first kappa shape index (κ1) is 13.1. The molecule has 1 atom stereocenters. The minimum atomic E-state index is -0.123. The molecule has 1 aromatic rings. The van der Waals surface area contributed by atoms with Gasteiger partial charge in [-0.25, -0.2) is 4.68 Å². The second-order valence-corrected chi connectivity index (χ2v) is 4.18. The Bertz CT molecular complexity index is 297. The summed E-state index contributed by atoms with van der Waals surface area (Å²) in [6.45, 7) is 7.54. The van der Waals surface area contributed by atoms with Crippen LogP contribution in [0.2, 0.25) is 0 Å². The molecule has 0 aliphatic rings. The number of nitrogens with zero attached hydrogens (tertiary/aromatic N) is 4. The molecule has 0 aliphatic heterocycles. The topological polar surface area (TPSA) is 78.8 Å². The highest BCUT2D eigenvalue weighted by atomic mass is 16.5. The molecule has 6 nitrogen and oxygen atoms in total. The molecule has 92 valence electrons. The zero-order valence-corrected chi connectivity index (χ0v) is 10.3. The molecule has 0 amide bonds. The van der Waals surface area contributed by atoms with E-state index in [2.05, 4.69) is 15.5 Å². The Morgan fingerprint density at radius 2 is 2.06 bits per heavy atom. The molecule has 0 fully saturated rings. The standard InChI is InChI=1S/C10H21N5O/c1-8(2)16-7-5-4-6-15-10(9(3)11)12-13-14-15/h8-9H,4-7,11H2,1-3H3. The van der Waals surface area contributed by atoms with Gasteiger partial charge in [0.05, 0.1) is 12.1 Å². The first-order valence-electron chi connectivity index (χ1n) is 5.74. The molecule has 1 aromatic heterocycles. The molecule has 2 N–H and O–H groups in total. The van der Waals surface area contributed by atoms with Gasteiger partial charge in [0.1, 0.15) is 0 Å². The summed E-state index contributed by atoms with van der Waals surface area (Å²) < 4.78 is 7.22. The highest BCUT2D eigenvalue weighted by Gasteiger charge is 2.09. The van der Waals surface area contributed by atoms with E-state index < -0.39 is 0 Å². The summed E-state index contributed by atoms with van der Waals surface area (Å²) >= 11 is 0. The summed E-state index contributed by atoms with van der Waals surface area (Å²) in [7, 11) is 0. The van der Waals surface area contributed by atoms with Gasteiger partial charge in [-0.15, -0.1) is 5.10 Å². The third kappa shape index (κ3) is 4.24. The van der Waals surface area contributed by atoms with Crippen molar-refractivity contribution >= 4 is 0 Å². The lowest BCUT2D eigenvalue weighted by Crippen LogP contribution is -2.15. The molecule has 6 heteroatoms. The van der Waals surface area contributed by atoms with Crippen LogP contribution in [0.25, 0.3) is 0 Å². The number of aryl methyl sites for hydroxylation is 1. The third-order valence-corrected chi connectivity index (χ3v) is 2.18. The number of tetrazole rings is 1. The summed E-state index contributed by atoms with van der Waals surface area (Å²) in [4.78, 5) is 0. The second kappa shape index (κ2) is 6.55. The zero-order valence-electron chi connectivity index (χ0n) is 10.3. The van der Waals surface area contributed by atoms with E-state index in [1.165, 1.54) is 0 Å². The van der Waals surface area contributed by atoms with Crippen molar-refractivity contribution in [3.63, 3.8) is 0 Å². The molecule has 0 aliphatic carbocycles. The molecule has 1 rings (SSSR count). The normalized spacial score (nSPS) is 13.3. The van der Waals surface area contributed by atoms with Gasteiger partial charge in [-0.1, -0.05) is 0 Å². The van der Waals surface area contributed by atoms with Crippen LogP contribution < -0.4 is 5.73 Å². The summed E-state index contributed by atoms with van der Waals surface area (Å²) in [6, 6.07) is -0.123. The highest BCUT2D eigenvalue weighted by Crippen LogP contribution is 2.05. The van der Waals surface area contributed by atoms with Crippen LogP contribution in [0.15, 0.2) is 0 Å². The van der Waals surface area contributed by atoms with E-state index in [1.807, 2.05) is 20.8 Å². The van der Waals surface area contributed by atoms with E-state index in [0.29, 0.717) is 6.10 Å². The van der Waals surface area contributed by atoms with Crippen LogP contribution in [-0.2, 0) is 11.3 Å². The Kier molecular flexibility index (Phi) is 5.34. The predicted molar refractivity (Wildman–Crippen MR) is 60.7 cm³/mol. The predicted octanol–water partition coefficient (Wildman–Crippen LogP) is 0.898. The fourth-order valence-electron chi connectivity index (χ4n) is 1.38. The smallest absolute Gasteiger partial charge is 0.167 e. The number of hydrogen-bond acceptors (Lipinski definition) is 5. The Balaban J connectivity index is 2.24. The van der Waals surface area contributed by atoms with Crippen LogP contribution >= 0.6 is 0 Å². The number of nitrogens with two attached hydrogens (primary N) is 1. The van der Waals surface area contributed by atoms with Gasteiger partial charge in [0.15, 0.2) is 5.82 Å². The number of unbranched alkanes of at least 4 members (excludes halogenated alkanes) is 1. The Labute approximate surface area is 96.2 Å². The van der Waals surface area contributed by atoms with Crippen LogP contribution in [0.1, 0.15) is 45.5 Å². The lowest BCUT2D eigenvalue weighted by molar-refractivity contribution is 0.0752. The van der Waals surface area contributed by atoms with E-state index in [-0.39, 0.29) is 6.04 Å². The minimum Gasteiger partial charge on any atom is -0.379 e. The van der Waals surface area contributed by atoms with Crippen LogP contribution in [0.3, 0.4) is 0 Å². The van der Waals surface area contributed by atoms with Crippen LogP contribution in [-0.4, -0.2) is 32.9 Å². The fraction of sp³-hybridized carbons (Fsp3) is 0.900. The van der Waals surface area contributed by atoms with Gasteiger partial charge >= 0.3 is 0 Å². The SMILES string of the molecule is CC(C)OCCCCn1nnnc1C(C)N. The monoisotopic (exact) mass is 227 g/mol. The van der Waals surface area contributed by atoms with Crippen LogP contribution in [0.5, 0.6) is 0 Å². The largest absolute Gasteiger partial charge is 0.379 e. The molecule has 1 heterocycles. The van der Waals surface area contributed by atoms with Crippen molar-refractivity contribution in [2.24, 2.45) is 5.73 Å². The maximum absolute atomic E-state index is 5.74. The van der Waals surface area contributed by atoms with Crippen molar-refractivity contribution < 1.29 is 4.74 Å². The van der Waals surface area contributed by atoms with Crippen molar-refractivity contribution in [3.05, 3.63) is 5.82 Å². The number of aromatic nitrogens is 4. The Hall–Kier alpha value is -1.01. The molecule has 0 saturated carbocycles. The van der Waals surface area contributed by atoms with Crippen molar-refractivity contribution in [1.82, 2.24) is 20.2 Å². The van der Waals surface area contributed by atoms with Crippen molar-refractivity contribution in [2.45, 2.75) is 52.3 Å². The Morgan fingerprint density at radius 1 is 1.31 bits per heavy atom. The highest BCUT2D eigenvalue weighted by molar-refractivity contribution is 4.86. The molecule has 0 radical (unpaired) electrons. The number of hydrogen-bond donors (Lipinski definition) is 1. The molecule has 1 unspecified atom stereocenters. The van der Waals surface area contributed by atoms with Crippen molar-refractivity contribution in [2.75, 3.05) is 6.61 Å². The van der Waals surface area contributed by atoms with Gasteiger partial charge in [-0.2, -0.15) is 0 Å². The molecule has 0 spiro atoms. The summed E-state index contributed by atoms with van der Waals surface area (Å²) in [5, 5.41) is 11.4. The average molecular weight is 227 g/mol. The average Bonchev–Trinajstić information content (AvgIpc) is 2.65. The van der Waals surface area contributed by atoms with Crippen LogP contribution in [0.4, 0.5) is 0 Å². The van der Waals surface area contributed by atoms with Crippen molar-refractivity contribution in [1.29, 1.82) is 0 Å². The quantitative estimate of drug-likeness (QED) is 0.700. The zero-order chi connectivity index (χ0) is 12.0. The fourth-order valence-corrected chi connectivity index (χ4v) is 1.38. The minimum absolute atomic E-state index is 0.123. The number of ether oxygens (including phenoxy) is 1. The van der Waals surface area contributed by atoms with E-state index in [1.54, 1.807) is 4.68 Å². The van der Waals surface area contributed by atoms with Gasteiger partial charge in [0, 0.05) is 13.2 Å². The lowest BCUT2D eigenvalue weighted by Gasteiger charge is -2.08. The first-order chi connectivity index (χ1) is 7.61. The maximum Gasteiger partial charge on any atom is 0.167 e. The third-order valence-electron chi connectivity index (χ3n) is 2.18. The molecular formula is C10H21N5O. The molecule has 0 bridgehead atoms. The van der Waals surface area contributed by atoms with Gasteiger partial charge in [0.2, 0.25) is 0 Å². The molecule has 0 aromatic carbocycles. The van der Waals surface area contributed by atoms with Crippen molar-refractivity contribution in [3.8, 4) is 0 Å². The van der Waals surface area contributed by atoms with E-state index in [0.717, 1.165) is 31.8 Å². The molecule has 16 heavy (non-hydrogen) atoms. The van der Waals surface area contributed by atoms with E-state index in [9.17, 15) is 0 Å². The molecular weight excluding hydrogens is 206 g/mol.